The first-order chi connectivity index (χ1) is 12.9. The number of thioether (sulfide) groups is 1. The lowest BCUT2D eigenvalue weighted by molar-refractivity contribution is -0.118. The third-order valence-electron chi connectivity index (χ3n) is 3.56. The Bertz CT molecular complexity index is 822. The maximum absolute atomic E-state index is 11.8. The zero-order valence-corrected chi connectivity index (χ0v) is 14.5. The van der Waals surface area contributed by atoms with Crippen LogP contribution in [-0.2, 0) is 11.2 Å². The number of carbonyl (C=O) groups is 2. The molecule has 2 heterocycles. The molecule has 0 aliphatic carbocycles. The third kappa shape index (κ3) is 4.73. The van der Waals surface area contributed by atoms with E-state index >= 15 is 0 Å². The van der Waals surface area contributed by atoms with Crippen molar-refractivity contribution in [3.63, 3.8) is 0 Å². The van der Waals surface area contributed by atoms with Crippen molar-refractivity contribution in [3.05, 3.63) is 54.2 Å². The summed E-state index contributed by atoms with van der Waals surface area (Å²) in [5.41, 5.74) is 0.473. The summed E-state index contributed by atoms with van der Waals surface area (Å²) in [6.07, 6.45) is 0.552. The van der Waals surface area contributed by atoms with Gasteiger partial charge in [0, 0.05) is 14.6 Å². The maximum atomic E-state index is 11.8. The van der Waals surface area contributed by atoms with Crippen molar-refractivity contribution in [2.75, 3.05) is 25.1 Å². The van der Waals surface area contributed by atoms with Crippen LogP contribution in [0.5, 0.6) is 5.75 Å². The van der Waals surface area contributed by atoms with E-state index in [1.54, 1.807) is 30.5 Å². The van der Waals surface area contributed by atoms with Crippen LogP contribution in [0.25, 0.3) is 0 Å². The fraction of sp³-hybridized carbons (Fsp3) is 0.278. The van der Waals surface area contributed by atoms with Crippen molar-refractivity contribution in [2.24, 2.45) is 0 Å². The molecule has 7 heteroatoms. The van der Waals surface area contributed by atoms with Gasteiger partial charge in [0.05, 0.1) is 13.1 Å². The summed E-state index contributed by atoms with van der Waals surface area (Å²) in [4.78, 5) is 29.4. The van der Waals surface area contributed by atoms with E-state index in [4.69, 9.17) is 7.48 Å². The molecular weight excluding hydrogens is 338 g/mol. The highest BCUT2D eigenvalue weighted by Crippen LogP contribution is 2.23. The van der Waals surface area contributed by atoms with E-state index in [1.165, 1.54) is 0 Å². The van der Waals surface area contributed by atoms with Crippen LogP contribution in [0.4, 0.5) is 10.6 Å². The summed E-state index contributed by atoms with van der Waals surface area (Å²) in [6.45, 7) is 1.10. The second-order valence-corrected chi connectivity index (χ2v) is 6.39. The largest absolute Gasteiger partial charge is 0.492 e. The molecule has 1 aliphatic heterocycles. The number of ether oxygens (including phenoxy) is 1. The number of hydrogen-bond acceptors (Lipinski definition) is 6. The molecule has 1 aromatic carbocycles. The van der Waals surface area contributed by atoms with Crippen LogP contribution in [-0.4, -0.2) is 41.6 Å². The maximum Gasteiger partial charge on any atom is 0.286 e. The highest BCUT2D eigenvalue weighted by molar-refractivity contribution is 8.15. The number of hydrogen-bond donors (Lipinski definition) is 1. The molecule has 2 atom stereocenters. The summed E-state index contributed by atoms with van der Waals surface area (Å²) < 4.78 is 22.1. The molecule has 0 radical (unpaired) electrons. The molecule has 1 aromatic heterocycles. The molecule has 130 valence electrons. The molecule has 1 fully saturated rings. The van der Waals surface area contributed by atoms with E-state index in [9.17, 15) is 9.59 Å². The van der Waals surface area contributed by atoms with Gasteiger partial charge in [-0.2, -0.15) is 0 Å². The lowest BCUT2D eigenvalue weighted by Gasteiger charge is -2.18. The van der Waals surface area contributed by atoms with Gasteiger partial charge in [-0.25, -0.2) is 4.98 Å². The first-order valence-corrected chi connectivity index (χ1v) is 8.53. The fourth-order valence-electron chi connectivity index (χ4n) is 2.23. The molecule has 3 rings (SSSR count). The third-order valence-corrected chi connectivity index (χ3v) is 4.37. The number of amides is 2. The van der Waals surface area contributed by atoms with Crippen molar-refractivity contribution >= 4 is 28.7 Å². The summed E-state index contributed by atoms with van der Waals surface area (Å²) in [6, 6.07) is 12.4. The highest BCUT2D eigenvalue weighted by atomic mass is 32.2. The van der Waals surface area contributed by atoms with E-state index in [1.807, 2.05) is 30.1 Å². The monoisotopic (exact) mass is 361 g/mol. The number of anilines is 1. The molecule has 0 saturated carbocycles. The van der Waals surface area contributed by atoms with Crippen molar-refractivity contribution in [2.45, 2.75) is 11.6 Å². The molecule has 2 amide bonds. The summed E-state index contributed by atoms with van der Waals surface area (Å²) >= 11 is 0.535. The summed E-state index contributed by atoms with van der Waals surface area (Å²) in [5.74, 6) is 0.727. The van der Waals surface area contributed by atoms with Gasteiger partial charge in [-0.3, -0.25) is 14.9 Å². The van der Waals surface area contributed by atoms with Crippen LogP contribution >= 0.6 is 11.8 Å². The molecule has 1 saturated heterocycles. The van der Waals surface area contributed by atoms with Gasteiger partial charge in [0.15, 0.2) is 0 Å². The highest BCUT2D eigenvalue weighted by Gasteiger charge is 2.31. The molecular formula is C18H19N3O3S. The van der Waals surface area contributed by atoms with Crippen LogP contribution in [0.15, 0.2) is 48.7 Å². The Morgan fingerprint density at radius 3 is 2.76 bits per heavy atom. The lowest BCUT2D eigenvalue weighted by atomic mass is 10.1. The van der Waals surface area contributed by atoms with Crippen molar-refractivity contribution in [3.8, 4) is 5.75 Å². The van der Waals surface area contributed by atoms with E-state index in [2.05, 4.69) is 10.3 Å². The molecule has 2 unspecified atom stereocenters. The normalized spacial score (nSPS) is 22.0. The second kappa shape index (κ2) is 8.02. The average Bonchev–Trinajstić information content (AvgIpc) is 2.95. The van der Waals surface area contributed by atoms with E-state index in [-0.39, 0.29) is 0 Å². The van der Waals surface area contributed by atoms with Gasteiger partial charge in [0.1, 0.15) is 18.2 Å². The Morgan fingerprint density at radius 1 is 1.32 bits per heavy atom. The first-order valence-electron chi connectivity index (χ1n) is 8.79. The predicted molar refractivity (Wildman–Crippen MR) is 98.1 cm³/mol. The number of likely N-dealkylation sites (N-methyl/N-ethyl adjacent to an activating group) is 1. The summed E-state index contributed by atoms with van der Waals surface area (Å²) in [7, 11) is 1.93. The SMILES string of the molecule is [3H]C(c1ccc(OCCN(C)c2ccccn2)cc1)C1([3H])SC(=O)NC1=O. The standard InChI is InChI=1S/C18H19N3O3S/c1-21(16-4-2-3-9-19-16)10-11-24-14-7-5-13(6-8-14)12-15-17(22)20-18(23)25-15/h2-9,15H,10-12H2,1H3,(H,20,22,23)/i12T,15T. The molecule has 6 nitrogen and oxygen atoms in total. The Morgan fingerprint density at radius 2 is 2.12 bits per heavy atom. The Hall–Kier alpha value is -2.54. The fourth-order valence-corrected chi connectivity index (χ4v) is 2.91. The van der Waals surface area contributed by atoms with Crippen LogP contribution in [0.3, 0.4) is 0 Å². The number of rotatable bonds is 7. The quantitative estimate of drug-likeness (QED) is 0.817. The zero-order valence-electron chi connectivity index (χ0n) is 15.6. The van der Waals surface area contributed by atoms with Crippen LogP contribution in [0, 0.1) is 0 Å². The molecule has 25 heavy (non-hydrogen) atoms. The Balaban J connectivity index is 1.56. The topological polar surface area (TPSA) is 71.5 Å². The van der Waals surface area contributed by atoms with Gasteiger partial charge in [-0.15, -0.1) is 0 Å². The van der Waals surface area contributed by atoms with Gasteiger partial charge in [-0.1, -0.05) is 30.0 Å². The number of pyridine rings is 1. The summed E-state index contributed by atoms with van der Waals surface area (Å²) in [5, 5.41) is -0.399. The van der Waals surface area contributed by atoms with Crippen LogP contribution in [0.1, 0.15) is 8.30 Å². The Labute approximate surface area is 153 Å². The lowest BCUT2D eigenvalue weighted by Crippen LogP contribution is -2.25. The van der Waals surface area contributed by atoms with E-state index in [0.717, 1.165) is 5.82 Å². The number of nitrogens with one attached hydrogen (secondary N) is 1. The number of nitrogens with zero attached hydrogens (tertiary/aromatic N) is 2. The van der Waals surface area contributed by atoms with Crippen molar-refractivity contribution < 1.29 is 17.1 Å². The minimum atomic E-state index is -1.87. The van der Waals surface area contributed by atoms with Crippen LogP contribution < -0.4 is 15.0 Å². The predicted octanol–water partition coefficient (Wildman–Crippen LogP) is 2.49. The van der Waals surface area contributed by atoms with E-state index < -0.39 is 22.8 Å². The van der Waals surface area contributed by atoms with E-state index in [0.29, 0.717) is 36.2 Å². The van der Waals surface area contributed by atoms with Gasteiger partial charge >= 0.3 is 0 Å². The minimum absolute atomic E-state index is 0.450. The van der Waals surface area contributed by atoms with Gasteiger partial charge in [-0.05, 0) is 36.2 Å². The molecule has 2 aromatic rings. The number of imide groups is 1. The second-order valence-electron chi connectivity index (χ2n) is 5.38. The van der Waals surface area contributed by atoms with Gasteiger partial charge < -0.3 is 9.64 Å². The Kier molecular flexibility index (Phi) is 4.74. The smallest absolute Gasteiger partial charge is 0.286 e. The number of benzene rings is 1. The zero-order chi connectivity index (χ0) is 19.4. The average molecular weight is 361 g/mol. The van der Waals surface area contributed by atoms with Gasteiger partial charge in [0.2, 0.25) is 5.91 Å². The first kappa shape index (κ1) is 14.8. The van der Waals surface area contributed by atoms with Gasteiger partial charge in [0.25, 0.3) is 5.24 Å². The molecule has 1 N–H and O–H groups in total. The molecule has 0 bridgehead atoms. The van der Waals surface area contributed by atoms with Crippen molar-refractivity contribution in [1.82, 2.24) is 10.3 Å². The van der Waals surface area contributed by atoms with Crippen molar-refractivity contribution in [1.29, 1.82) is 0 Å². The number of aromatic nitrogens is 1. The number of carbonyl (C=O) groups excluding carboxylic acids is 2. The molecule has 1 aliphatic rings. The minimum Gasteiger partial charge on any atom is -0.492 e. The molecule has 0 spiro atoms. The van der Waals surface area contributed by atoms with Crippen LogP contribution in [0.2, 0.25) is 0 Å².